The fourth-order valence-corrected chi connectivity index (χ4v) is 3.72. The maximum absolute atomic E-state index is 13.1. The average molecular weight is 374 g/mol. The number of fused-ring (bicyclic) bond motifs is 1. The van der Waals surface area contributed by atoms with Crippen LogP contribution in [0.3, 0.4) is 0 Å². The first kappa shape index (κ1) is 17.4. The molecule has 0 spiro atoms. The van der Waals surface area contributed by atoms with Crippen molar-refractivity contribution in [2.24, 2.45) is 0 Å². The van der Waals surface area contributed by atoms with Crippen molar-refractivity contribution in [2.45, 2.75) is 0 Å². The minimum absolute atomic E-state index is 0.211. The zero-order valence-electron chi connectivity index (χ0n) is 15.8. The van der Waals surface area contributed by atoms with Crippen LogP contribution in [0.5, 0.6) is 0 Å². The van der Waals surface area contributed by atoms with Gasteiger partial charge in [-0.3, -0.25) is 0 Å². The first-order chi connectivity index (χ1) is 14.3. The van der Waals surface area contributed by atoms with Crippen molar-refractivity contribution >= 4 is 10.8 Å². The maximum Gasteiger partial charge on any atom is 0.123 e. The van der Waals surface area contributed by atoms with E-state index in [1.807, 2.05) is 12.1 Å². The smallest absolute Gasteiger partial charge is 0.123 e. The predicted molar refractivity (Wildman–Crippen MR) is 120 cm³/mol. The van der Waals surface area contributed by atoms with Crippen LogP contribution in [0.1, 0.15) is 0 Å². The molecular weight excluding hydrogens is 355 g/mol. The number of hydrogen-bond acceptors (Lipinski definition) is 0. The van der Waals surface area contributed by atoms with Crippen LogP contribution < -0.4 is 0 Å². The Morgan fingerprint density at radius 3 is 1.24 bits per heavy atom. The Bertz CT molecular complexity index is 1270. The third-order valence-corrected chi connectivity index (χ3v) is 5.36. The molecular formula is C28H19F. The minimum Gasteiger partial charge on any atom is -0.207 e. The molecule has 5 aromatic rings. The van der Waals surface area contributed by atoms with Crippen molar-refractivity contribution < 1.29 is 4.39 Å². The summed E-state index contributed by atoms with van der Waals surface area (Å²) in [5.41, 5.74) is 6.89. The zero-order chi connectivity index (χ0) is 19.6. The molecule has 0 aliphatic rings. The summed E-state index contributed by atoms with van der Waals surface area (Å²) in [6.07, 6.45) is 0. The molecule has 0 aliphatic heterocycles. The summed E-state index contributed by atoms with van der Waals surface area (Å²) < 4.78 is 13.1. The lowest BCUT2D eigenvalue weighted by Crippen LogP contribution is -1.83. The predicted octanol–water partition coefficient (Wildman–Crippen LogP) is 7.98. The van der Waals surface area contributed by atoms with Crippen LogP contribution in [-0.2, 0) is 0 Å². The summed E-state index contributed by atoms with van der Waals surface area (Å²) in [7, 11) is 0. The van der Waals surface area contributed by atoms with E-state index < -0.39 is 0 Å². The molecule has 0 radical (unpaired) electrons. The lowest BCUT2D eigenvalue weighted by molar-refractivity contribution is 0.628. The summed E-state index contributed by atoms with van der Waals surface area (Å²) in [5, 5.41) is 2.51. The van der Waals surface area contributed by atoms with Gasteiger partial charge < -0.3 is 0 Å². The zero-order valence-corrected chi connectivity index (χ0v) is 15.8. The molecule has 0 aliphatic carbocycles. The fourth-order valence-electron chi connectivity index (χ4n) is 3.72. The molecule has 138 valence electrons. The molecule has 0 aromatic heterocycles. The normalized spacial score (nSPS) is 10.9. The first-order valence-corrected chi connectivity index (χ1v) is 9.72. The van der Waals surface area contributed by atoms with Gasteiger partial charge in [0.1, 0.15) is 5.82 Å². The van der Waals surface area contributed by atoms with Gasteiger partial charge in [0.05, 0.1) is 0 Å². The molecule has 0 amide bonds. The molecule has 1 heteroatoms. The van der Waals surface area contributed by atoms with Crippen LogP contribution in [0.2, 0.25) is 0 Å². The summed E-state index contributed by atoms with van der Waals surface area (Å²) in [6.45, 7) is 0. The van der Waals surface area contributed by atoms with E-state index >= 15 is 0 Å². The van der Waals surface area contributed by atoms with Gasteiger partial charge in [-0.05, 0) is 62.4 Å². The number of halogens is 1. The van der Waals surface area contributed by atoms with Crippen LogP contribution in [0.15, 0.2) is 115 Å². The van der Waals surface area contributed by atoms with Gasteiger partial charge in [-0.25, -0.2) is 4.39 Å². The van der Waals surface area contributed by atoms with Gasteiger partial charge in [0.25, 0.3) is 0 Å². The minimum atomic E-state index is -0.211. The molecule has 0 heterocycles. The Hall–Kier alpha value is -3.71. The second-order valence-electron chi connectivity index (χ2n) is 7.22. The van der Waals surface area contributed by atoms with Crippen LogP contribution in [-0.4, -0.2) is 0 Å². The molecule has 5 aromatic carbocycles. The van der Waals surface area contributed by atoms with Gasteiger partial charge in [0.2, 0.25) is 0 Å². The Balaban J connectivity index is 1.41. The van der Waals surface area contributed by atoms with Gasteiger partial charge >= 0.3 is 0 Å². The molecule has 0 atom stereocenters. The Morgan fingerprint density at radius 1 is 0.345 bits per heavy atom. The van der Waals surface area contributed by atoms with Crippen LogP contribution in [0.25, 0.3) is 44.2 Å². The molecule has 0 unspecified atom stereocenters. The van der Waals surface area contributed by atoms with E-state index in [0.29, 0.717) is 0 Å². The number of hydrogen-bond donors (Lipinski definition) is 0. The van der Waals surface area contributed by atoms with E-state index in [1.54, 1.807) is 0 Å². The standard InChI is InChI=1S/C28H19F/c29-28-17-15-24(16-18-28)23-7-5-21(6-8-23)22-9-11-25(12-10-22)27-14-13-20-3-1-2-4-26(20)19-27/h1-19H. The van der Waals surface area contributed by atoms with Gasteiger partial charge in [-0.15, -0.1) is 0 Å². The van der Waals surface area contributed by atoms with E-state index in [1.165, 1.54) is 45.2 Å². The first-order valence-electron chi connectivity index (χ1n) is 9.72. The van der Waals surface area contributed by atoms with E-state index in [4.69, 9.17) is 0 Å². The Labute approximate surface area is 169 Å². The lowest BCUT2D eigenvalue weighted by atomic mass is 9.97. The fraction of sp³-hybridized carbons (Fsp3) is 0. The van der Waals surface area contributed by atoms with Crippen molar-refractivity contribution in [2.75, 3.05) is 0 Å². The van der Waals surface area contributed by atoms with Gasteiger partial charge in [-0.2, -0.15) is 0 Å². The third-order valence-electron chi connectivity index (χ3n) is 5.36. The quantitative estimate of drug-likeness (QED) is 0.300. The van der Waals surface area contributed by atoms with Crippen LogP contribution in [0.4, 0.5) is 4.39 Å². The molecule has 0 saturated heterocycles. The second-order valence-corrected chi connectivity index (χ2v) is 7.22. The highest BCUT2D eigenvalue weighted by molar-refractivity contribution is 5.87. The lowest BCUT2D eigenvalue weighted by Gasteiger charge is -2.08. The van der Waals surface area contributed by atoms with Gasteiger partial charge in [-0.1, -0.05) is 97.1 Å². The summed E-state index contributed by atoms with van der Waals surface area (Å²) in [6, 6.07) is 38.7. The molecule has 5 rings (SSSR count). The van der Waals surface area contributed by atoms with E-state index in [9.17, 15) is 4.39 Å². The maximum atomic E-state index is 13.1. The van der Waals surface area contributed by atoms with Gasteiger partial charge in [0.15, 0.2) is 0 Å². The van der Waals surface area contributed by atoms with Gasteiger partial charge in [0, 0.05) is 0 Å². The highest BCUT2D eigenvalue weighted by Crippen LogP contribution is 2.29. The van der Waals surface area contributed by atoms with E-state index in [-0.39, 0.29) is 5.82 Å². The number of benzene rings is 5. The highest BCUT2D eigenvalue weighted by Gasteiger charge is 2.03. The van der Waals surface area contributed by atoms with Crippen LogP contribution in [0, 0.1) is 5.82 Å². The highest BCUT2D eigenvalue weighted by atomic mass is 19.1. The SMILES string of the molecule is Fc1ccc(-c2ccc(-c3ccc(-c4ccc5ccccc5c4)cc3)cc2)cc1. The Morgan fingerprint density at radius 2 is 0.724 bits per heavy atom. The summed E-state index contributed by atoms with van der Waals surface area (Å²) in [4.78, 5) is 0. The monoisotopic (exact) mass is 374 g/mol. The largest absolute Gasteiger partial charge is 0.207 e. The van der Waals surface area contributed by atoms with Crippen molar-refractivity contribution in [3.05, 3.63) is 121 Å². The van der Waals surface area contributed by atoms with E-state index in [2.05, 4.69) is 91.0 Å². The van der Waals surface area contributed by atoms with Crippen molar-refractivity contribution in [1.82, 2.24) is 0 Å². The summed E-state index contributed by atoms with van der Waals surface area (Å²) >= 11 is 0. The molecule has 0 saturated carbocycles. The Kier molecular flexibility index (Phi) is 4.42. The molecule has 0 bridgehead atoms. The van der Waals surface area contributed by atoms with E-state index in [0.717, 1.165) is 11.1 Å². The van der Waals surface area contributed by atoms with Crippen molar-refractivity contribution in [3.8, 4) is 33.4 Å². The molecule has 0 nitrogen and oxygen atoms in total. The van der Waals surface area contributed by atoms with Crippen LogP contribution >= 0.6 is 0 Å². The molecule has 0 fully saturated rings. The molecule has 0 N–H and O–H groups in total. The van der Waals surface area contributed by atoms with Crippen molar-refractivity contribution in [1.29, 1.82) is 0 Å². The summed E-state index contributed by atoms with van der Waals surface area (Å²) in [5.74, 6) is -0.211. The molecule has 29 heavy (non-hydrogen) atoms. The third kappa shape index (κ3) is 3.55. The topological polar surface area (TPSA) is 0 Å². The average Bonchev–Trinajstić information content (AvgIpc) is 2.79. The number of rotatable bonds is 3. The second kappa shape index (κ2) is 7.37. The van der Waals surface area contributed by atoms with Crippen molar-refractivity contribution in [3.63, 3.8) is 0 Å².